The summed E-state index contributed by atoms with van der Waals surface area (Å²) in [6.07, 6.45) is -3.19. The zero-order valence-electron chi connectivity index (χ0n) is 31.8. The van der Waals surface area contributed by atoms with E-state index < -0.39 is 52.4 Å². The molecule has 3 aliphatic heterocycles. The van der Waals surface area contributed by atoms with Gasteiger partial charge in [-0.15, -0.1) is 0 Å². The number of urea groups is 1. The molecule has 13 nitrogen and oxygen atoms in total. The van der Waals surface area contributed by atoms with E-state index in [4.69, 9.17) is 0 Å². The summed E-state index contributed by atoms with van der Waals surface area (Å²) in [5.41, 5.74) is 2.45. The van der Waals surface area contributed by atoms with Crippen LogP contribution in [0.4, 0.5) is 38.5 Å². The number of carbonyl (C=O) groups excluding carboxylic acids is 2. The lowest BCUT2D eigenvalue weighted by molar-refractivity contribution is -0.138. The topological polar surface area (TPSA) is 146 Å². The number of benzene rings is 3. The number of amides is 3. The van der Waals surface area contributed by atoms with E-state index in [-0.39, 0.29) is 48.6 Å². The minimum Gasteiger partial charge on any atom is -0.348 e. The van der Waals surface area contributed by atoms with Gasteiger partial charge in [-0.25, -0.2) is 32.0 Å². The van der Waals surface area contributed by atoms with E-state index in [0.717, 1.165) is 46.7 Å². The minimum absolute atomic E-state index is 0.0173. The highest BCUT2D eigenvalue weighted by atomic mass is 32.2. The summed E-state index contributed by atoms with van der Waals surface area (Å²) in [7, 11) is -2.32. The van der Waals surface area contributed by atoms with Gasteiger partial charge in [0.05, 0.1) is 22.0 Å². The molecule has 3 fully saturated rings. The van der Waals surface area contributed by atoms with Gasteiger partial charge in [-0.3, -0.25) is 24.6 Å². The van der Waals surface area contributed by atoms with Gasteiger partial charge >= 0.3 is 12.2 Å². The Hall–Kier alpha value is -5.53. The molecule has 0 unspecified atom stereocenters. The summed E-state index contributed by atoms with van der Waals surface area (Å²) >= 11 is 0. The van der Waals surface area contributed by atoms with Crippen molar-refractivity contribution in [2.75, 3.05) is 42.9 Å². The number of anilines is 2. The third kappa shape index (κ3) is 8.36. The molecular weight excluding hydrogens is 798 g/mol. The summed E-state index contributed by atoms with van der Waals surface area (Å²) in [5.74, 6) is -0.134. The Bertz CT molecular complexity index is 2510. The van der Waals surface area contributed by atoms with Crippen LogP contribution in [0.1, 0.15) is 48.3 Å². The fourth-order valence-electron chi connectivity index (χ4n) is 7.95. The van der Waals surface area contributed by atoms with Gasteiger partial charge in [0.25, 0.3) is 0 Å². The van der Waals surface area contributed by atoms with Crippen molar-refractivity contribution in [3.63, 3.8) is 0 Å². The number of piperidine rings is 2. The molecule has 310 valence electrons. The van der Waals surface area contributed by atoms with Crippen molar-refractivity contribution in [1.82, 2.24) is 34.3 Å². The Labute approximate surface area is 336 Å². The molecule has 0 aliphatic carbocycles. The van der Waals surface area contributed by atoms with Crippen LogP contribution in [0.3, 0.4) is 0 Å². The van der Waals surface area contributed by atoms with Crippen LogP contribution >= 0.6 is 0 Å². The largest absolute Gasteiger partial charge is 0.419 e. The molecule has 2 N–H and O–H groups in total. The molecule has 3 saturated heterocycles. The lowest BCUT2D eigenvalue weighted by Gasteiger charge is -2.34. The maximum absolute atomic E-state index is 15.6. The maximum atomic E-state index is 15.6. The van der Waals surface area contributed by atoms with Crippen LogP contribution in [0.2, 0.25) is 0 Å². The Morgan fingerprint density at radius 1 is 0.915 bits per heavy atom. The number of likely N-dealkylation sites (tertiary alicyclic amines) is 1. The van der Waals surface area contributed by atoms with Crippen LogP contribution in [0.25, 0.3) is 22.0 Å². The highest BCUT2D eigenvalue weighted by molar-refractivity contribution is 7.89. The molecule has 2 atom stereocenters. The SMILES string of the molecule is Cn1nc(N2CCC(=O)NC2=O)c2ccc(C3CCN(Cc4ccc(-c5cccc(S(=O)(=O)N6CC[C@H](Nc7ncc(C(F)(F)F)cn7)[C@H](F)C6)c5)cc4F)CC3)cc21. The van der Waals surface area contributed by atoms with Gasteiger partial charge in [-0.1, -0.05) is 30.3 Å². The quantitative estimate of drug-likeness (QED) is 0.165. The number of aromatic nitrogens is 4. The second-order valence-electron chi connectivity index (χ2n) is 15.1. The van der Waals surface area contributed by atoms with Crippen LogP contribution in [0.5, 0.6) is 0 Å². The predicted octanol–water partition coefficient (Wildman–Crippen LogP) is 6.23. The number of aryl methyl sites for hydroxylation is 1. The average molecular weight is 838 g/mol. The van der Waals surface area contributed by atoms with E-state index in [1.807, 2.05) is 13.1 Å². The van der Waals surface area contributed by atoms with Crippen molar-refractivity contribution in [1.29, 1.82) is 0 Å². The van der Waals surface area contributed by atoms with Gasteiger partial charge in [0.15, 0.2) is 5.82 Å². The Morgan fingerprint density at radius 2 is 1.66 bits per heavy atom. The first-order valence-corrected chi connectivity index (χ1v) is 20.6. The van der Waals surface area contributed by atoms with Gasteiger partial charge in [0.1, 0.15) is 12.0 Å². The third-order valence-electron chi connectivity index (χ3n) is 11.3. The van der Waals surface area contributed by atoms with Crippen molar-refractivity contribution in [3.05, 3.63) is 95.6 Å². The number of fused-ring (bicyclic) bond motifs is 1. The van der Waals surface area contributed by atoms with Crippen LogP contribution < -0.4 is 15.5 Å². The number of halogens is 5. The molecule has 0 spiro atoms. The highest BCUT2D eigenvalue weighted by Gasteiger charge is 2.37. The fraction of sp³-hybridized carbons (Fsp3) is 0.375. The summed E-state index contributed by atoms with van der Waals surface area (Å²) in [4.78, 5) is 35.0. The zero-order chi connectivity index (χ0) is 41.6. The second-order valence-corrected chi connectivity index (χ2v) is 17.0. The van der Waals surface area contributed by atoms with E-state index in [0.29, 0.717) is 41.4 Å². The molecule has 59 heavy (non-hydrogen) atoms. The zero-order valence-corrected chi connectivity index (χ0v) is 32.6. The number of carbonyl (C=O) groups is 2. The van der Waals surface area contributed by atoms with Crippen LogP contribution in [0, 0.1) is 5.82 Å². The molecule has 19 heteroatoms. The summed E-state index contributed by atoms with van der Waals surface area (Å²) in [5, 5.41) is 10.4. The molecule has 3 aliphatic rings. The van der Waals surface area contributed by atoms with Crippen LogP contribution in [0.15, 0.2) is 78.0 Å². The van der Waals surface area contributed by atoms with E-state index in [2.05, 4.69) is 42.7 Å². The van der Waals surface area contributed by atoms with Crippen LogP contribution in [-0.4, -0.2) is 94.2 Å². The standard InChI is InChI=1S/C40H40F5N9O4S/c1-51-35-19-27(7-8-31(35)37(50-51)54-16-12-36(55)49-39(54)56)24-9-13-52(14-10-24)22-28-6-5-26(18-32(28)41)25-3-2-4-30(17-25)59(57,58)53-15-11-34(33(42)23-53)48-38-46-20-29(21-47-38)40(43,44)45/h2-8,17-21,24,33-34H,9-16,22-23H2,1H3,(H,46,47,48)(H,49,55,56)/t33-,34+/m1/s1. The Balaban J connectivity index is 0.871. The fourth-order valence-corrected chi connectivity index (χ4v) is 9.46. The molecule has 3 aromatic carbocycles. The van der Waals surface area contributed by atoms with Gasteiger partial charge in [-0.2, -0.15) is 22.6 Å². The van der Waals surface area contributed by atoms with Gasteiger partial charge in [-0.05, 0) is 85.3 Å². The molecule has 0 saturated carbocycles. The summed E-state index contributed by atoms with van der Waals surface area (Å²) < 4.78 is 99.4. The Morgan fingerprint density at radius 3 is 2.36 bits per heavy atom. The van der Waals surface area contributed by atoms with Crippen molar-refractivity contribution in [3.8, 4) is 11.1 Å². The first-order chi connectivity index (χ1) is 28.1. The molecule has 8 rings (SSSR count). The van der Waals surface area contributed by atoms with Crippen molar-refractivity contribution < 1.29 is 40.0 Å². The van der Waals surface area contributed by atoms with Crippen LogP contribution in [-0.2, 0) is 34.6 Å². The lowest BCUT2D eigenvalue weighted by atomic mass is 9.88. The van der Waals surface area contributed by atoms with Crippen molar-refractivity contribution in [2.24, 2.45) is 7.05 Å². The number of nitrogens with one attached hydrogen (secondary N) is 2. The number of hydrogen-bond donors (Lipinski definition) is 2. The van der Waals surface area contributed by atoms with E-state index in [1.54, 1.807) is 28.9 Å². The number of imide groups is 1. The molecule has 5 heterocycles. The number of hydrogen-bond acceptors (Lipinski definition) is 9. The lowest BCUT2D eigenvalue weighted by Crippen LogP contribution is -2.50. The smallest absolute Gasteiger partial charge is 0.348 e. The monoisotopic (exact) mass is 837 g/mol. The van der Waals surface area contributed by atoms with Gasteiger partial charge in [0.2, 0.25) is 21.9 Å². The summed E-state index contributed by atoms with van der Waals surface area (Å²) in [6, 6.07) is 15.6. The normalized spacial score (nSPS) is 20.3. The molecule has 3 amide bonds. The van der Waals surface area contributed by atoms with Gasteiger partial charge in [0, 0.05) is 63.0 Å². The molecule has 2 aromatic heterocycles. The molecule has 0 bridgehead atoms. The van der Waals surface area contributed by atoms with Crippen molar-refractivity contribution >= 4 is 44.6 Å². The number of sulfonamides is 1. The third-order valence-corrected chi connectivity index (χ3v) is 13.1. The minimum atomic E-state index is -4.62. The number of alkyl halides is 4. The van der Waals surface area contributed by atoms with Gasteiger partial charge < -0.3 is 5.32 Å². The maximum Gasteiger partial charge on any atom is 0.419 e. The van der Waals surface area contributed by atoms with E-state index in [9.17, 15) is 31.2 Å². The molecule has 5 aromatic rings. The summed E-state index contributed by atoms with van der Waals surface area (Å²) in [6.45, 7) is 1.61. The highest BCUT2D eigenvalue weighted by Crippen LogP contribution is 2.35. The first kappa shape index (κ1) is 40.3. The molecule has 0 radical (unpaired) electrons. The van der Waals surface area contributed by atoms with E-state index in [1.165, 1.54) is 23.1 Å². The predicted molar refractivity (Wildman–Crippen MR) is 208 cm³/mol. The number of nitrogens with zero attached hydrogens (tertiary/aromatic N) is 7. The van der Waals surface area contributed by atoms with Crippen molar-refractivity contribution in [2.45, 2.75) is 61.4 Å². The molecular formula is C40H40F5N9O4S. The Kier molecular flexibility index (Phi) is 10.9. The second kappa shape index (κ2) is 15.9. The first-order valence-electron chi connectivity index (χ1n) is 19.1. The number of rotatable bonds is 9. The van der Waals surface area contributed by atoms with E-state index >= 15 is 8.78 Å². The average Bonchev–Trinajstić information content (AvgIpc) is 3.54.